The van der Waals surface area contributed by atoms with Crippen LogP contribution in [-0.4, -0.2) is 24.0 Å². The normalized spacial score (nSPS) is 15.6. The Morgan fingerprint density at radius 3 is 2.44 bits per heavy atom. The fourth-order valence-electron chi connectivity index (χ4n) is 5.29. The van der Waals surface area contributed by atoms with Crippen LogP contribution in [0.5, 0.6) is 5.75 Å². The van der Waals surface area contributed by atoms with Gasteiger partial charge in [0.15, 0.2) is 0 Å². The van der Waals surface area contributed by atoms with Crippen molar-refractivity contribution in [2.24, 2.45) is 0 Å². The lowest BCUT2D eigenvalue weighted by Crippen LogP contribution is -2.28. The Labute approximate surface area is 193 Å². The van der Waals surface area contributed by atoms with Gasteiger partial charge in [0.1, 0.15) is 5.75 Å². The van der Waals surface area contributed by atoms with Gasteiger partial charge in [-0.15, -0.1) is 0 Å². The second-order valence-corrected chi connectivity index (χ2v) is 8.95. The smallest absolute Gasteiger partial charge is 0.127 e. The first-order valence-corrected chi connectivity index (χ1v) is 12.0. The highest BCUT2D eigenvalue weighted by Gasteiger charge is 2.25. The standard InChI is InChI=1S/C29H36N2O/c1-6-21-13-10-14-22(7-2)29(21)26-18-28(32-5)25(20(3)30-26)19-31(4)27-17-11-15-23-12-8-9-16-24(23)27/h8-10,12-14,16,18,27H,6-7,11,15,17,19H2,1-5H3/t27-/m1/s1. The van der Waals surface area contributed by atoms with Crippen LogP contribution in [0.4, 0.5) is 0 Å². The summed E-state index contributed by atoms with van der Waals surface area (Å²) in [6, 6.07) is 18.1. The minimum absolute atomic E-state index is 0.441. The maximum Gasteiger partial charge on any atom is 0.127 e. The largest absolute Gasteiger partial charge is 0.496 e. The zero-order chi connectivity index (χ0) is 22.7. The lowest BCUT2D eigenvalue weighted by Gasteiger charge is -2.34. The second kappa shape index (κ2) is 9.87. The predicted molar refractivity (Wildman–Crippen MR) is 133 cm³/mol. The molecule has 1 heterocycles. The van der Waals surface area contributed by atoms with E-state index in [1.807, 2.05) is 0 Å². The molecule has 0 radical (unpaired) electrons. The monoisotopic (exact) mass is 428 g/mol. The predicted octanol–water partition coefficient (Wildman–Crippen LogP) is 6.70. The molecule has 0 unspecified atom stereocenters. The quantitative estimate of drug-likeness (QED) is 0.419. The molecule has 4 rings (SSSR count). The van der Waals surface area contributed by atoms with Gasteiger partial charge in [-0.1, -0.05) is 56.3 Å². The zero-order valence-electron chi connectivity index (χ0n) is 20.2. The average molecular weight is 429 g/mol. The van der Waals surface area contributed by atoms with Crippen molar-refractivity contribution in [3.8, 4) is 17.0 Å². The van der Waals surface area contributed by atoms with E-state index in [2.05, 4.69) is 81.2 Å². The number of hydrogen-bond acceptors (Lipinski definition) is 3. The molecule has 2 aromatic carbocycles. The van der Waals surface area contributed by atoms with Gasteiger partial charge in [-0.3, -0.25) is 9.88 Å². The summed E-state index contributed by atoms with van der Waals surface area (Å²) in [6.45, 7) is 7.39. The summed E-state index contributed by atoms with van der Waals surface area (Å²) in [5.74, 6) is 0.941. The lowest BCUT2D eigenvalue weighted by molar-refractivity contribution is 0.210. The van der Waals surface area contributed by atoms with Gasteiger partial charge in [0.2, 0.25) is 0 Å². The molecule has 1 atom stereocenters. The van der Waals surface area contributed by atoms with Crippen molar-refractivity contribution in [2.75, 3.05) is 14.2 Å². The van der Waals surface area contributed by atoms with E-state index in [0.717, 1.165) is 36.5 Å². The van der Waals surface area contributed by atoms with Gasteiger partial charge in [0.05, 0.1) is 12.8 Å². The average Bonchev–Trinajstić information content (AvgIpc) is 2.83. The van der Waals surface area contributed by atoms with E-state index in [1.54, 1.807) is 7.11 Å². The third-order valence-electron chi connectivity index (χ3n) is 7.04. The van der Waals surface area contributed by atoms with E-state index in [-0.39, 0.29) is 0 Å². The molecule has 0 amide bonds. The molecule has 0 aliphatic heterocycles. The molecular weight excluding hydrogens is 392 g/mol. The Hall–Kier alpha value is -2.65. The van der Waals surface area contributed by atoms with Gasteiger partial charge in [0, 0.05) is 35.5 Å². The fraction of sp³-hybridized carbons (Fsp3) is 0.414. The first-order valence-electron chi connectivity index (χ1n) is 12.0. The van der Waals surface area contributed by atoms with Crippen molar-refractivity contribution in [1.82, 2.24) is 9.88 Å². The van der Waals surface area contributed by atoms with Crippen LogP contribution in [0, 0.1) is 6.92 Å². The molecule has 0 fully saturated rings. The van der Waals surface area contributed by atoms with E-state index >= 15 is 0 Å². The zero-order valence-corrected chi connectivity index (χ0v) is 20.2. The molecule has 3 heteroatoms. The van der Waals surface area contributed by atoms with Crippen LogP contribution in [0.2, 0.25) is 0 Å². The molecular formula is C29H36N2O. The number of fused-ring (bicyclic) bond motifs is 1. The molecule has 0 N–H and O–H groups in total. The van der Waals surface area contributed by atoms with Crippen molar-refractivity contribution >= 4 is 0 Å². The number of aromatic nitrogens is 1. The van der Waals surface area contributed by atoms with Crippen LogP contribution in [-0.2, 0) is 25.8 Å². The van der Waals surface area contributed by atoms with Gasteiger partial charge in [0.25, 0.3) is 0 Å². The van der Waals surface area contributed by atoms with Crippen LogP contribution in [0.3, 0.4) is 0 Å². The topological polar surface area (TPSA) is 25.4 Å². The highest BCUT2D eigenvalue weighted by atomic mass is 16.5. The SMILES string of the molecule is CCc1cccc(CC)c1-c1cc(OC)c(CN(C)[C@@H]2CCCc3ccccc32)c(C)n1. The molecule has 168 valence electrons. The maximum absolute atomic E-state index is 5.93. The van der Waals surface area contributed by atoms with Crippen LogP contribution < -0.4 is 4.74 Å². The molecule has 0 spiro atoms. The van der Waals surface area contributed by atoms with Crippen LogP contribution in [0.25, 0.3) is 11.3 Å². The number of rotatable bonds is 7. The van der Waals surface area contributed by atoms with Crippen LogP contribution in [0.15, 0.2) is 48.5 Å². The van der Waals surface area contributed by atoms with E-state index in [9.17, 15) is 0 Å². The summed E-state index contributed by atoms with van der Waals surface area (Å²) in [4.78, 5) is 7.58. The highest BCUT2D eigenvalue weighted by Crippen LogP contribution is 2.37. The first-order chi connectivity index (χ1) is 15.6. The minimum atomic E-state index is 0.441. The van der Waals surface area contributed by atoms with Crippen LogP contribution in [0.1, 0.15) is 66.2 Å². The molecule has 1 aromatic heterocycles. The summed E-state index contributed by atoms with van der Waals surface area (Å²) in [6.07, 6.45) is 5.63. The summed E-state index contributed by atoms with van der Waals surface area (Å²) in [5.41, 5.74) is 10.2. The number of benzene rings is 2. The number of nitrogens with zero attached hydrogens (tertiary/aromatic N) is 2. The van der Waals surface area contributed by atoms with Gasteiger partial charge in [-0.25, -0.2) is 0 Å². The van der Waals surface area contributed by atoms with Gasteiger partial charge in [-0.05, 0) is 68.3 Å². The Bertz CT molecular complexity index is 1070. The molecule has 0 bridgehead atoms. The molecule has 3 aromatic rings. The Balaban J connectivity index is 1.69. The summed E-state index contributed by atoms with van der Waals surface area (Å²) in [5, 5.41) is 0. The molecule has 1 aliphatic rings. The van der Waals surface area contributed by atoms with Crippen molar-refractivity contribution < 1.29 is 4.74 Å². The highest BCUT2D eigenvalue weighted by molar-refractivity contribution is 5.70. The first kappa shape index (κ1) is 22.5. The maximum atomic E-state index is 5.93. The second-order valence-electron chi connectivity index (χ2n) is 8.95. The molecule has 0 saturated heterocycles. The molecule has 32 heavy (non-hydrogen) atoms. The van der Waals surface area contributed by atoms with E-state index in [1.165, 1.54) is 52.6 Å². The Morgan fingerprint density at radius 2 is 1.75 bits per heavy atom. The third kappa shape index (κ3) is 4.31. The fourth-order valence-corrected chi connectivity index (χ4v) is 5.29. The summed E-state index contributed by atoms with van der Waals surface area (Å²) < 4.78 is 5.93. The summed E-state index contributed by atoms with van der Waals surface area (Å²) in [7, 11) is 4.02. The molecule has 3 nitrogen and oxygen atoms in total. The van der Waals surface area contributed by atoms with Gasteiger partial charge >= 0.3 is 0 Å². The molecule has 1 aliphatic carbocycles. The van der Waals surface area contributed by atoms with Gasteiger partial charge < -0.3 is 4.74 Å². The van der Waals surface area contributed by atoms with Crippen molar-refractivity contribution in [3.63, 3.8) is 0 Å². The van der Waals surface area contributed by atoms with Crippen molar-refractivity contribution in [3.05, 3.63) is 82.0 Å². The number of pyridine rings is 1. The number of methoxy groups -OCH3 is 1. The number of ether oxygens (including phenoxy) is 1. The van der Waals surface area contributed by atoms with E-state index < -0.39 is 0 Å². The Kier molecular flexibility index (Phi) is 6.95. The molecule has 0 saturated carbocycles. The van der Waals surface area contributed by atoms with Crippen molar-refractivity contribution in [2.45, 2.75) is 65.5 Å². The van der Waals surface area contributed by atoms with E-state index in [0.29, 0.717) is 6.04 Å². The van der Waals surface area contributed by atoms with Gasteiger partial charge in [-0.2, -0.15) is 0 Å². The van der Waals surface area contributed by atoms with E-state index in [4.69, 9.17) is 9.72 Å². The Morgan fingerprint density at radius 1 is 1.03 bits per heavy atom. The minimum Gasteiger partial charge on any atom is -0.496 e. The third-order valence-corrected chi connectivity index (χ3v) is 7.04. The lowest BCUT2D eigenvalue weighted by atomic mass is 9.87. The summed E-state index contributed by atoms with van der Waals surface area (Å²) >= 11 is 0. The number of aryl methyl sites for hydroxylation is 4. The number of hydrogen-bond donors (Lipinski definition) is 0. The van der Waals surface area contributed by atoms with Crippen molar-refractivity contribution in [1.29, 1.82) is 0 Å². The van der Waals surface area contributed by atoms with Crippen LogP contribution >= 0.6 is 0 Å².